The Balaban J connectivity index is -0.000000638. The van der Waals surface area contributed by atoms with Crippen molar-refractivity contribution < 1.29 is 829 Å². The van der Waals surface area contributed by atoms with Crippen LogP contribution in [0, 0.1) is 17.8 Å². The summed E-state index contributed by atoms with van der Waals surface area (Å²) in [4.78, 5) is 0. The zero-order valence-electron chi connectivity index (χ0n) is 49.9. The van der Waals surface area contributed by atoms with Gasteiger partial charge in [0.15, 0.2) is 24.8 Å². The van der Waals surface area contributed by atoms with E-state index in [1.807, 2.05) is 0 Å². The van der Waals surface area contributed by atoms with Crippen LogP contribution in [-0.2, 0) is 181 Å². The monoisotopic (exact) mass is 1920 g/mol. The first-order valence-corrected chi connectivity index (χ1v) is 35.8. The van der Waals surface area contributed by atoms with Crippen molar-refractivity contribution in [3.8, 4) is 0 Å². The Hall–Kier alpha value is 18.0. The molecule has 0 N–H and O–H groups in total. The third kappa shape index (κ3) is 64.8. The molecular weight excluding hydrogens is 1890 g/mol. The van der Waals surface area contributed by atoms with Gasteiger partial charge in [0.2, 0.25) is 93.6 Å². The summed E-state index contributed by atoms with van der Waals surface area (Å²) in [7, 11) is -77.9. The topological polar surface area (TPSA) is 806 Å². The summed E-state index contributed by atoms with van der Waals surface area (Å²) in [6.45, 7) is -9.13. The second kappa shape index (κ2) is 58.2. The fourth-order valence-corrected chi connectivity index (χ4v) is 13.7. The van der Waals surface area contributed by atoms with Crippen molar-refractivity contribution in [1.82, 2.24) is 0 Å². The Morgan fingerprint density at radius 1 is 0.287 bits per heavy atom. The molecule has 2 saturated heterocycles. The molecular formula is C21H28K12O49S12. The van der Waals surface area contributed by atoms with E-state index in [4.69, 9.17) is 18.9 Å². The largest absolute Gasteiger partial charge is 1.00 e. The summed E-state index contributed by atoms with van der Waals surface area (Å²) < 4.78 is 481. The molecule has 0 aromatic heterocycles. The van der Waals surface area contributed by atoms with Crippen LogP contribution in [0.15, 0.2) is 0 Å². The maximum Gasteiger partial charge on any atom is 1.00 e. The van der Waals surface area contributed by atoms with Gasteiger partial charge in [0, 0.05) is 35.0 Å². The zero-order valence-corrected chi connectivity index (χ0v) is 97.2. The Kier molecular flexibility index (Phi) is 83.7. The molecule has 2 aliphatic heterocycles. The third-order valence-electron chi connectivity index (χ3n) is 9.21. The van der Waals surface area contributed by atoms with E-state index in [1.54, 1.807) is 0 Å². The second-order valence-electron chi connectivity index (χ2n) is 15.3. The van der Waals surface area contributed by atoms with Crippen LogP contribution in [-0.4, -0.2) is 267 Å². The maximum absolute atomic E-state index is 12.3. The summed E-state index contributed by atoms with van der Waals surface area (Å²) in [5, 5.41) is 0. The van der Waals surface area contributed by atoms with E-state index in [9.17, 15) is 156 Å². The van der Waals surface area contributed by atoms with Gasteiger partial charge in [0.25, 0.3) is 0 Å². The van der Waals surface area contributed by atoms with Crippen LogP contribution in [0.5, 0.6) is 0 Å². The van der Waals surface area contributed by atoms with Crippen molar-refractivity contribution in [3.05, 3.63) is 0 Å². The summed E-state index contributed by atoms with van der Waals surface area (Å²) in [6, 6.07) is 0. The van der Waals surface area contributed by atoms with E-state index in [0.29, 0.717) is 0 Å². The van der Waals surface area contributed by atoms with Crippen molar-refractivity contribution in [3.63, 3.8) is 0 Å². The summed E-state index contributed by atoms with van der Waals surface area (Å²) in [5.41, 5.74) is 0. The number of ether oxygens (including phenoxy) is 4. The van der Waals surface area contributed by atoms with E-state index in [0.717, 1.165) is 0 Å². The first-order valence-electron chi connectivity index (χ1n) is 19.1. The average Bonchev–Trinajstić information content (AvgIpc) is 3.17. The van der Waals surface area contributed by atoms with Gasteiger partial charge in [0.1, 0.15) is 36.6 Å². The van der Waals surface area contributed by atoms with Crippen molar-refractivity contribution in [2.75, 3.05) is 43.7 Å². The molecule has 0 unspecified atom stereocenters. The van der Waals surface area contributed by atoms with Gasteiger partial charge >= 0.3 is 617 Å². The molecule has 0 radical (unpaired) electrons. The smallest absolute Gasteiger partial charge is 0.748 e. The van der Waals surface area contributed by atoms with Crippen LogP contribution in [0.4, 0.5) is 0 Å². The molecule has 0 aliphatic carbocycles. The van der Waals surface area contributed by atoms with Gasteiger partial charge < -0.3 is 73.6 Å². The van der Waals surface area contributed by atoms with Crippen LogP contribution >= 0.6 is 0 Å². The fraction of sp³-hybridized carbons (Fsp3) is 1.00. The fourth-order valence-electron chi connectivity index (χ4n) is 6.92. The van der Waals surface area contributed by atoms with Gasteiger partial charge in [-0.15, -0.1) is 0 Å². The SMILES string of the molecule is O=S(=O)([O-])C[C@H](CO[C@@H]1O[C@H](CO[C@@H]2O[C@H](COS(=O)(=O)[O-])[C@@H](OS(=O)(=O)[O-])[C@H](OS(=O)(=O)[O-])[C@H]2OS(=O)(=O)[O-])[C@@H](OS(=O)(=O)[O-])[C@H](OS(=O)(=O)[O-])[C@H]1OS(=O)(=O)[O-])[C@@H](CS(=O)(=O)[O-])[C@H](OS(=O)(=O)[O-])[C@@H](COS(=O)(=O)[O-])CS(=O)(=O)[O-].[K+].[K+].[K+].[K+].[K+].[K+].[K+].[K+].[K+].[K+].[K+].[K+]. The first-order chi connectivity index (χ1) is 36.1. The molecule has 0 aromatic carbocycles. The minimum Gasteiger partial charge on any atom is -0.748 e. The predicted octanol–water partition coefficient (Wildman–Crippen LogP) is -49.1. The molecule has 2 aliphatic rings. The number of hydrogen-bond donors (Lipinski definition) is 0. The van der Waals surface area contributed by atoms with Crippen molar-refractivity contribution in [2.24, 2.45) is 17.8 Å². The molecule has 0 aromatic rings. The van der Waals surface area contributed by atoms with E-state index in [2.05, 4.69) is 37.6 Å². The number of hydrogen-bond acceptors (Lipinski definition) is 49. The molecule has 0 bridgehead atoms. The summed E-state index contributed by atoms with van der Waals surface area (Å²) >= 11 is 0. The van der Waals surface area contributed by atoms with E-state index in [1.165, 1.54) is 0 Å². The molecule has 2 heterocycles. The molecule has 2 rings (SSSR count). The predicted molar refractivity (Wildman–Crippen MR) is 217 cm³/mol. The van der Waals surface area contributed by atoms with Crippen molar-refractivity contribution >= 4 is 124 Å². The van der Waals surface area contributed by atoms with Gasteiger partial charge in [-0.3, -0.25) is 37.6 Å². The molecule has 14 atom stereocenters. The standard InChI is InChI=1S/C21H40O49S12.12K/c22-71(23,24)5-8(10(7-73(28,29)30)13(64-76(37,38)39)9(6-72(25,26)27)2-60-74(31,32)33)1-58-20-18(69-81(52,53)54)16(67-79(46,47)48)14(65-77(40,41)42)11(62-20)3-59-21-19(70-82(55,56)57)17(68-80(49,50)51)15(66-78(43,44)45)12(63-21)4-61-75(34,35)36;;;;;;;;;;;;/h8-21H,1-7H2,(H,22,23,24)(H,25,26,27)(H,28,29,30)(H,31,32,33)(H,34,35,36)(H,37,38,39)(H,40,41,42)(H,43,44,45)(H,46,47,48)(H,49,50,51)(H,52,53,54)(H,55,56,57);;;;;;;;;;;;/q;12*+1/p-12/t8-,9-,10+,11+,12+,13+,14+,15+,16-,17-,18+,19+,20+,21+;;;;;;;;;;;;/m0............/s1. The minimum atomic E-state index is -6.80. The zero-order chi connectivity index (χ0) is 64.2. The molecule has 0 spiro atoms. The Morgan fingerprint density at radius 2 is 0.564 bits per heavy atom. The number of rotatable bonds is 35. The first kappa shape index (κ1) is 135. The Labute approximate surface area is 1050 Å². The van der Waals surface area contributed by atoms with Crippen LogP contribution in [0.25, 0.3) is 0 Å². The van der Waals surface area contributed by atoms with Gasteiger partial charge in [-0.2, -0.15) is 0 Å². The second-order valence-corrected chi connectivity index (χ2v) is 28.8. The summed E-state index contributed by atoms with van der Waals surface area (Å²) in [5.74, 6) is -17.4. The third-order valence-corrected chi connectivity index (χ3v) is 15.7. The van der Waals surface area contributed by atoms with E-state index >= 15 is 0 Å². The average molecular weight is 1920 g/mol. The molecule has 2 fully saturated rings. The minimum absolute atomic E-state index is 0. The van der Waals surface area contributed by atoms with E-state index < -0.39 is 253 Å². The molecule has 49 nitrogen and oxygen atoms in total. The van der Waals surface area contributed by atoms with Gasteiger partial charge in [-0.05, 0) is 0 Å². The van der Waals surface area contributed by atoms with Crippen LogP contribution in [0.1, 0.15) is 0 Å². The van der Waals surface area contributed by atoms with Gasteiger partial charge in [-0.1, -0.05) is 0 Å². The Morgan fingerprint density at radius 3 is 0.851 bits per heavy atom. The van der Waals surface area contributed by atoms with Crippen LogP contribution < -0.4 is 617 Å². The summed E-state index contributed by atoms with van der Waals surface area (Å²) in [6.07, 6.45) is -39.2. The molecule has 73 heteroatoms. The van der Waals surface area contributed by atoms with Crippen molar-refractivity contribution in [1.29, 1.82) is 0 Å². The molecule has 0 saturated carbocycles. The van der Waals surface area contributed by atoms with Crippen LogP contribution in [0.3, 0.4) is 0 Å². The van der Waals surface area contributed by atoms with E-state index in [-0.39, 0.29) is 617 Å². The van der Waals surface area contributed by atoms with Crippen molar-refractivity contribution in [2.45, 2.75) is 67.5 Å². The maximum atomic E-state index is 12.3. The molecule has 94 heavy (non-hydrogen) atoms. The molecule has 490 valence electrons. The quantitative estimate of drug-likeness (QED) is 0.0323. The van der Waals surface area contributed by atoms with Gasteiger partial charge in [-0.25, -0.2) is 101 Å². The normalized spacial score (nSPS) is 23.6. The van der Waals surface area contributed by atoms with Crippen LogP contribution in [0.2, 0.25) is 0 Å². The Bertz CT molecular complexity index is 3680. The van der Waals surface area contributed by atoms with Gasteiger partial charge in [0.05, 0.1) is 62.9 Å². The molecule has 0 amide bonds.